The predicted molar refractivity (Wildman–Crippen MR) is 67.1 cm³/mol. The Balaban J connectivity index is 0.000000602. The molecule has 0 bridgehead atoms. The molecule has 1 nitrogen and oxygen atoms in total. The molecule has 0 fully saturated rings. The van der Waals surface area contributed by atoms with Crippen LogP contribution in [0, 0.1) is 5.92 Å². The minimum atomic E-state index is -1.20. The molecule has 19 heavy (non-hydrogen) atoms. The molecular formula is C14H14Cl2OSiZr. The summed E-state index contributed by atoms with van der Waals surface area (Å²) in [5.41, 5.74) is 2.97. The molecule has 0 saturated carbocycles. The molecule has 0 N–H and O–H groups in total. The molecule has 1 unspecified atom stereocenters. The van der Waals surface area contributed by atoms with E-state index in [1.807, 2.05) is 0 Å². The second-order valence-corrected chi connectivity index (χ2v) is 9.66. The first-order valence-corrected chi connectivity index (χ1v) is 8.90. The molecule has 2 heterocycles. The first kappa shape index (κ1) is 17.2. The summed E-state index contributed by atoms with van der Waals surface area (Å²) in [5, 5.41) is 3.01. The predicted octanol–water partition coefficient (Wildman–Crippen LogP) is -2.60. The van der Waals surface area contributed by atoms with E-state index >= 15 is 0 Å². The van der Waals surface area contributed by atoms with Gasteiger partial charge in [-0.05, 0) is 28.8 Å². The summed E-state index contributed by atoms with van der Waals surface area (Å²) in [4.78, 5) is 0. The van der Waals surface area contributed by atoms with Crippen LogP contribution in [-0.4, -0.2) is 8.07 Å². The van der Waals surface area contributed by atoms with Crippen molar-refractivity contribution in [3.8, 4) is 0 Å². The van der Waals surface area contributed by atoms with Crippen molar-refractivity contribution >= 4 is 8.07 Å². The molecule has 2 aliphatic heterocycles. The van der Waals surface area contributed by atoms with Gasteiger partial charge in [0, 0.05) is 0 Å². The van der Waals surface area contributed by atoms with Crippen molar-refractivity contribution < 1.29 is 55.8 Å². The van der Waals surface area contributed by atoms with Gasteiger partial charge in [-0.25, -0.2) is 0 Å². The van der Waals surface area contributed by atoms with Crippen LogP contribution in [0.1, 0.15) is 6.42 Å². The van der Waals surface area contributed by atoms with Gasteiger partial charge in [-0.2, -0.15) is 0 Å². The third kappa shape index (κ3) is 2.23. The second kappa shape index (κ2) is 5.52. The Morgan fingerprint density at radius 2 is 1.89 bits per heavy atom. The van der Waals surface area contributed by atoms with Gasteiger partial charge in [-0.1, -0.05) is 37.4 Å². The van der Waals surface area contributed by atoms with Crippen LogP contribution in [0.2, 0.25) is 13.1 Å². The van der Waals surface area contributed by atoms with Gasteiger partial charge in [0.05, 0.1) is 11.3 Å². The van der Waals surface area contributed by atoms with E-state index in [4.69, 9.17) is 4.74 Å². The van der Waals surface area contributed by atoms with Crippen molar-refractivity contribution in [3.63, 3.8) is 0 Å². The van der Waals surface area contributed by atoms with Crippen LogP contribution < -0.4 is 24.8 Å². The van der Waals surface area contributed by atoms with Crippen LogP contribution in [0.4, 0.5) is 0 Å². The number of rotatable bonds is 1. The van der Waals surface area contributed by atoms with Crippen molar-refractivity contribution in [3.05, 3.63) is 57.9 Å². The zero-order valence-corrected chi connectivity index (χ0v) is 15.8. The van der Waals surface area contributed by atoms with E-state index in [0.29, 0.717) is 5.92 Å². The van der Waals surface area contributed by atoms with Crippen molar-refractivity contribution in [2.24, 2.45) is 5.92 Å². The van der Waals surface area contributed by atoms with E-state index in [1.165, 1.54) is 22.3 Å². The van der Waals surface area contributed by atoms with E-state index in [9.17, 15) is 0 Å². The molecule has 4 rings (SSSR count). The van der Waals surface area contributed by atoms with Gasteiger partial charge in [0.25, 0.3) is 0 Å². The Morgan fingerprint density at radius 1 is 1.16 bits per heavy atom. The van der Waals surface area contributed by atoms with Crippen molar-refractivity contribution in [1.29, 1.82) is 0 Å². The Morgan fingerprint density at radius 3 is 2.53 bits per heavy atom. The fraction of sp³-hybridized carbons (Fsp3) is 0.286. The maximum Gasteiger partial charge on any atom is 2.00 e. The number of hydrogen-bond acceptors (Lipinski definition) is 1. The minimum Gasteiger partial charge on any atom is -1.00 e. The van der Waals surface area contributed by atoms with E-state index < -0.39 is 8.07 Å². The van der Waals surface area contributed by atoms with Gasteiger partial charge in [0.2, 0.25) is 0 Å². The summed E-state index contributed by atoms with van der Waals surface area (Å²) < 4.78 is 5.97. The number of allylic oxidation sites excluding steroid dienone is 7. The van der Waals surface area contributed by atoms with Gasteiger partial charge in [0.1, 0.15) is 5.76 Å². The molecule has 5 heteroatoms. The van der Waals surface area contributed by atoms with Gasteiger partial charge in [0.15, 0.2) is 8.07 Å². The fourth-order valence-electron chi connectivity index (χ4n) is 3.12. The first-order chi connectivity index (χ1) is 7.69. The van der Waals surface area contributed by atoms with Gasteiger partial charge >= 0.3 is 26.2 Å². The van der Waals surface area contributed by atoms with Crippen LogP contribution in [0.3, 0.4) is 0 Å². The van der Waals surface area contributed by atoms with Crippen LogP contribution in [0.5, 0.6) is 0 Å². The first-order valence-electron chi connectivity index (χ1n) is 5.90. The Hall–Kier alpha value is 0.180. The quantitative estimate of drug-likeness (QED) is 0.448. The SMILES string of the molecule is C[Si]1(C)C2=C1C1C(=CC=C1C1=CC=CC1)O2.[Cl-].[Cl-].[Zr+2]. The zero-order chi connectivity index (χ0) is 10.9. The van der Waals surface area contributed by atoms with Gasteiger partial charge in [-0.15, -0.1) is 0 Å². The molecule has 98 valence electrons. The Labute approximate surface area is 146 Å². The fourth-order valence-corrected chi connectivity index (χ4v) is 6.38. The van der Waals surface area contributed by atoms with Crippen LogP contribution in [0.15, 0.2) is 57.9 Å². The third-order valence-electron chi connectivity index (χ3n) is 4.10. The van der Waals surface area contributed by atoms with Crippen molar-refractivity contribution in [2.45, 2.75) is 19.5 Å². The molecule has 0 spiro atoms. The molecule has 0 aromatic rings. The van der Waals surface area contributed by atoms with E-state index in [-0.39, 0.29) is 51.0 Å². The summed E-state index contributed by atoms with van der Waals surface area (Å²) >= 11 is 0. The number of ether oxygens (including phenoxy) is 1. The Bertz CT molecular complexity index is 570. The molecule has 4 aliphatic rings. The van der Waals surface area contributed by atoms with Gasteiger partial charge < -0.3 is 29.6 Å². The molecule has 0 amide bonds. The standard InChI is InChI=1S/C14H14OSi.2ClH.Zr/c1-16(2)13-12-10(9-5-3-4-6-9)7-8-11(12)15-14(13)16;;;/h3-5,7-8,12H,6H2,1-2H3;2*1H;/q;;;+2/p-2. The van der Waals surface area contributed by atoms with Crippen LogP contribution in [0.25, 0.3) is 0 Å². The maximum atomic E-state index is 5.97. The van der Waals surface area contributed by atoms with E-state index in [1.54, 1.807) is 5.20 Å². The topological polar surface area (TPSA) is 9.23 Å². The summed E-state index contributed by atoms with van der Waals surface area (Å²) in [7, 11) is -1.20. The molecular weight excluding hydrogens is 374 g/mol. The Kier molecular flexibility index (Phi) is 5.01. The monoisotopic (exact) mass is 386 g/mol. The summed E-state index contributed by atoms with van der Waals surface area (Å²) in [6.45, 7) is 4.79. The molecule has 0 saturated heterocycles. The molecule has 0 aromatic heterocycles. The molecule has 1 atom stereocenters. The smallest absolute Gasteiger partial charge is 1.00 e. The number of hydrogen-bond donors (Lipinski definition) is 0. The van der Waals surface area contributed by atoms with Crippen molar-refractivity contribution in [1.82, 2.24) is 0 Å². The van der Waals surface area contributed by atoms with Gasteiger partial charge in [-0.3, -0.25) is 0 Å². The largest absolute Gasteiger partial charge is 2.00 e. The number of fused-ring (bicyclic) bond motifs is 2. The molecule has 2 aliphatic carbocycles. The van der Waals surface area contributed by atoms with E-state index in [2.05, 4.69) is 43.5 Å². The average molecular weight is 388 g/mol. The average Bonchev–Trinajstić information content (AvgIpc) is 2.79. The normalized spacial score (nSPS) is 26.8. The minimum absolute atomic E-state index is 0. The summed E-state index contributed by atoms with van der Waals surface area (Å²) in [6.07, 6.45) is 12.1. The summed E-state index contributed by atoms with van der Waals surface area (Å²) in [5.74, 6) is 1.68. The maximum absolute atomic E-state index is 5.97. The number of halogens is 2. The van der Waals surface area contributed by atoms with Crippen LogP contribution >= 0.6 is 0 Å². The third-order valence-corrected chi connectivity index (χ3v) is 7.22. The summed E-state index contributed by atoms with van der Waals surface area (Å²) in [6, 6.07) is 0. The zero-order valence-electron chi connectivity index (χ0n) is 10.8. The molecule has 0 radical (unpaired) electrons. The molecule has 0 aromatic carbocycles. The second-order valence-electron chi connectivity index (χ2n) is 5.42. The van der Waals surface area contributed by atoms with E-state index in [0.717, 1.165) is 6.42 Å². The van der Waals surface area contributed by atoms with Crippen LogP contribution in [-0.2, 0) is 30.9 Å². The van der Waals surface area contributed by atoms with Crippen molar-refractivity contribution in [2.75, 3.05) is 0 Å².